The molecule has 174 valence electrons. The fourth-order valence-electron chi connectivity index (χ4n) is 3.10. The second-order valence-electron chi connectivity index (χ2n) is 7.39. The molecule has 3 aromatic carbocycles. The van der Waals surface area contributed by atoms with Gasteiger partial charge in [-0.3, -0.25) is 4.79 Å². The van der Waals surface area contributed by atoms with Gasteiger partial charge in [-0.25, -0.2) is 0 Å². The number of hydrogen-bond donors (Lipinski definition) is 1. The molecule has 1 amide bonds. The summed E-state index contributed by atoms with van der Waals surface area (Å²) in [7, 11) is 1.57. The third-order valence-electron chi connectivity index (χ3n) is 4.86. The van der Waals surface area contributed by atoms with E-state index in [9.17, 15) is 10.1 Å². The number of carbonyl (C=O) groups is 1. The number of carbonyl (C=O) groups excluding carboxylic acids is 1. The van der Waals surface area contributed by atoms with E-state index in [0.29, 0.717) is 41.7 Å². The number of ether oxygens (including phenoxy) is 3. The van der Waals surface area contributed by atoms with Gasteiger partial charge in [0.05, 0.1) is 17.3 Å². The number of hydrogen-bond acceptors (Lipinski definition) is 5. The summed E-state index contributed by atoms with van der Waals surface area (Å²) in [5, 5.41) is 12.3. The van der Waals surface area contributed by atoms with Crippen molar-refractivity contribution in [3.63, 3.8) is 0 Å². The van der Waals surface area contributed by atoms with Gasteiger partial charge >= 0.3 is 0 Å². The molecular formula is C27H25IN2O4. The van der Waals surface area contributed by atoms with E-state index < -0.39 is 5.91 Å². The smallest absolute Gasteiger partial charge is 0.266 e. The van der Waals surface area contributed by atoms with E-state index in [1.165, 1.54) is 11.6 Å². The number of nitriles is 1. The number of amides is 1. The van der Waals surface area contributed by atoms with Crippen molar-refractivity contribution in [1.29, 1.82) is 5.26 Å². The van der Waals surface area contributed by atoms with Gasteiger partial charge < -0.3 is 19.5 Å². The SMILES string of the molecule is CCOc1cc(/C=C(/C#N)C(=O)Nc2ccc(OC)cc2)cc(I)c1OCc1ccc(C)cc1. The summed E-state index contributed by atoms with van der Waals surface area (Å²) in [6.45, 7) is 4.79. The Morgan fingerprint density at radius 1 is 1.09 bits per heavy atom. The van der Waals surface area contributed by atoms with Crippen molar-refractivity contribution in [2.45, 2.75) is 20.5 Å². The summed E-state index contributed by atoms with van der Waals surface area (Å²) in [5.41, 5.74) is 3.44. The first-order valence-electron chi connectivity index (χ1n) is 10.7. The summed E-state index contributed by atoms with van der Waals surface area (Å²) in [5.74, 6) is 1.36. The summed E-state index contributed by atoms with van der Waals surface area (Å²) in [6, 6.07) is 20.6. The first-order chi connectivity index (χ1) is 16.4. The van der Waals surface area contributed by atoms with Gasteiger partial charge in [0, 0.05) is 5.69 Å². The molecule has 0 radical (unpaired) electrons. The predicted octanol–water partition coefficient (Wildman–Crippen LogP) is 6.13. The fourth-order valence-corrected chi connectivity index (χ4v) is 3.88. The molecule has 0 saturated carbocycles. The summed E-state index contributed by atoms with van der Waals surface area (Å²) in [6.07, 6.45) is 1.54. The highest BCUT2D eigenvalue weighted by Gasteiger charge is 2.15. The van der Waals surface area contributed by atoms with E-state index in [4.69, 9.17) is 14.2 Å². The number of nitrogens with one attached hydrogen (secondary N) is 1. The van der Waals surface area contributed by atoms with Gasteiger partial charge in [-0.2, -0.15) is 5.26 Å². The predicted molar refractivity (Wildman–Crippen MR) is 141 cm³/mol. The maximum absolute atomic E-state index is 12.7. The lowest BCUT2D eigenvalue weighted by molar-refractivity contribution is -0.112. The third kappa shape index (κ3) is 6.75. The van der Waals surface area contributed by atoms with Gasteiger partial charge in [-0.1, -0.05) is 29.8 Å². The van der Waals surface area contributed by atoms with Gasteiger partial charge in [0.15, 0.2) is 11.5 Å². The van der Waals surface area contributed by atoms with Crippen LogP contribution < -0.4 is 19.5 Å². The zero-order chi connectivity index (χ0) is 24.5. The number of halogens is 1. The molecule has 0 aliphatic carbocycles. The minimum absolute atomic E-state index is 0.0256. The minimum atomic E-state index is -0.500. The fraction of sp³-hybridized carbons (Fsp3) is 0.185. The highest BCUT2D eigenvalue weighted by molar-refractivity contribution is 14.1. The minimum Gasteiger partial charge on any atom is -0.497 e. The summed E-state index contributed by atoms with van der Waals surface area (Å²) < 4.78 is 17.8. The van der Waals surface area contributed by atoms with Crippen LogP contribution in [0, 0.1) is 21.8 Å². The van der Waals surface area contributed by atoms with E-state index in [-0.39, 0.29) is 5.57 Å². The van der Waals surface area contributed by atoms with E-state index in [1.54, 1.807) is 37.4 Å². The van der Waals surface area contributed by atoms with Crippen molar-refractivity contribution in [1.82, 2.24) is 0 Å². The van der Waals surface area contributed by atoms with Crippen molar-refractivity contribution < 1.29 is 19.0 Å². The maximum atomic E-state index is 12.7. The molecule has 3 rings (SSSR count). The summed E-state index contributed by atoms with van der Waals surface area (Å²) >= 11 is 2.17. The van der Waals surface area contributed by atoms with Crippen LogP contribution in [0.15, 0.2) is 66.2 Å². The molecule has 0 spiro atoms. The standard InChI is InChI=1S/C27H25IN2O4/c1-4-33-25-15-20(14-24(28)26(25)34-17-19-7-5-18(2)6-8-19)13-21(16-29)27(31)30-22-9-11-23(32-3)12-10-22/h5-15H,4,17H2,1-3H3,(H,30,31)/b21-13-. The lowest BCUT2D eigenvalue weighted by Gasteiger charge is -2.15. The number of anilines is 1. The van der Waals surface area contributed by atoms with Gasteiger partial charge in [-0.05, 0) is 90.0 Å². The Morgan fingerprint density at radius 3 is 2.41 bits per heavy atom. The monoisotopic (exact) mass is 568 g/mol. The zero-order valence-electron chi connectivity index (χ0n) is 19.2. The Kier molecular flexibility index (Phi) is 8.93. The van der Waals surface area contributed by atoms with E-state index >= 15 is 0 Å². The average Bonchev–Trinajstić information content (AvgIpc) is 2.83. The van der Waals surface area contributed by atoms with E-state index in [1.807, 2.05) is 50.2 Å². The van der Waals surface area contributed by atoms with Crippen molar-refractivity contribution in [3.8, 4) is 23.3 Å². The Hall–Kier alpha value is -3.51. The molecule has 34 heavy (non-hydrogen) atoms. The largest absolute Gasteiger partial charge is 0.497 e. The van der Waals surface area contributed by atoms with Crippen molar-refractivity contribution >= 4 is 40.3 Å². The van der Waals surface area contributed by atoms with Gasteiger partial charge in [0.1, 0.15) is 24.0 Å². The van der Waals surface area contributed by atoms with Crippen molar-refractivity contribution in [2.75, 3.05) is 19.0 Å². The molecular weight excluding hydrogens is 543 g/mol. The molecule has 0 aliphatic rings. The molecule has 0 fully saturated rings. The van der Waals surface area contributed by atoms with Crippen LogP contribution in [-0.2, 0) is 11.4 Å². The number of aryl methyl sites for hydroxylation is 1. The maximum Gasteiger partial charge on any atom is 0.266 e. The average molecular weight is 568 g/mol. The topological polar surface area (TPSA) is 80.6 Å². The molecule has 3 aromatic rings. The second-order valence-corrected chi connectivity index (χ2v) is 8.55. The number of rotatable bonds is 9. The first-order valence-corrected chi connectivity index (χ1v) is 11.7. The van der Waals surface area contributed by atoms with Crippen LogP contribution in [0.4, 0.5) is 5.69 Å². The molecule has 0 heterocycles. The van der Waals surface area contributed by atoms with Crippen LogP contribution in [0.2, 0.25) is 0 Å². The molecule has 0 bridgehead atoms. The molecule has 0 atom stereocenters. The molecule has 7 heteroatoms. The van der Waals surface area contributed by atoms with Crippen molar-refractivity contribution in [2.24, 2.45) is 0 Å². The van der Waals surface area contributed by atoms with Crippen LogP contribution in [0.3, 0.4) is 0 Å². The van der Waals surface area contributed by atoms with E-state index in [0.717, 1.165) is 9.13 Å². The van der Waals surface area contributed by atoms with Crippen LogP contribution in [-0.4, -0.2) is 19.6 Å². The lowest BCUT2D eigenvalue weighted by atomic mass is 10.1. The van der Waals surface area contributed by atoms with Gasteiger partial charge in [-0.15, -0.1) is 0 Å². The second kappa shape index (κ2) is 12.1. The molecule has 0 aliphatic heterocycles. The van der Waals surface area contributed by atoms with Crippen molar-refractivity contribution in [3.05, 3.63) is 86.5 Å². The molecule has 0 unspecified atom stereocenters. The summed E-state index contributed by atoms with van der Waals surface area (Å²) in [4.78, 5) is 12.7. The Balaban J connectivity index is 1.81. The first kappa shape index (κ1) is 25.1. The third-order valence-corrected chi connectivity index (χ3v) is 5.66. The highest BCUT2D eigenvalue weighted by atomic mass is 127. The normalized spacial score (nSPS) is 10.9. The lowest BCUT2D eigenvalue weighted by Crippen LogP contribution is -2.13. The van der Waals surface area contributed by atoms with Crippen LogP contribution in [0.25, 0.3) is 6.08 Å². The Bertz CT molecular complexity index is 1210. The zero-order valence-corrected chi connectivity index (χ0v) is 21.4. The number of methoxy groups -OCH3 is 1. The van der Waals surface area contributed by atoms with Crippen LogP contribution in [0.5, 0.6) is 17.2 Å². The molecule has 0 saturated heterocycles. The number of benzene rings is 3. The van der Waals surface area contributed by atoms with Gasteiger partial charge in [0.2, 0.25) is 0 Å². The quantitative estimate of drug-likeness (QED) is 0.191. The van der Waals surface area contributed by atoms with Crippen LogP contribution >= 0.6 is 22.6 Å². The number of nitrogens with zero attached hydrogens (tertiary/aromatic N) is 1. The molecule has 1 N–H and O–H groups in total. The molecule has 6 nitrogen and oxygen atoms in total. The Labute approximate surface area is 213 Å². The van der Waals surface area contributed by atoms with E-state index in [2.05, 4.69) is 27.9 Å². The van der Waals surface area contributed by atoms with Crippen LogP contribution in [0.1, 0.15) is 23.6 Å². The van der Waals surface area contributed by atoms with Gasteiger partial charge in [0.25, 0.3) is 5.91 Å². The molecule has 0 aromatic heterocycles. The highest BCUT2D eigenvalue weighted by Crippen LogP contribution is 2.35. The Morgan fingerprint density at radius 2 is 1.79 bits per heavy atom.